The van der Waals surface area contributed by atoms with E-state index in [1.807, 2.05) is 25.8 Å². The Kier molecular flexibility index (Phi) is 6.10. The summed E-state index contributed by atoms with van der Waals surface area (Å²) >= 11 is 0. The third-order valence-corrected chi connectivity index (χ3v) is 2.89. The highest BCUT2D eigenvalue weighted by atomic mass is 16.4. The van der Waals surface area contributed by atoms with E-state index in [9.17, 15) is 9.59 Å². The van der Waals surface area contributed by atoms with Gasteiger partial charge in [0.25, 0.3) is 0 Å². The van der Waals surface area contributed by atoms with Gasteiger partial charge in [0.2, 0.25) is 5.91 Å². The van der Waals surface area contributed by atoms with E-state index in [1.165, 1.54) is 4.90 Å². The zero-order valence-corrected chi connectivity index (χ0v) is 12.1. The van der Waals surface area contributed by atoms with Crippen LogP contribution in [0, 0.1) is 0 Å². The molecule has 0 spiro atoms. The van der Waals surface area contributed by atoms with Gasteiger partial charge < -0.3 is 10.0 Å². The molecular weight excluding hydrogens is 262 g/mol. The molecule has 0 unspecified atom stereocenters. The lowest BCUT2D eigenvalue weighted by molar-refractivity contribution is -0.145. The van der Waals surface area contributed by atoms with Crippen molar-refractivity contribution in [1.82, 2.24) is 24.8 Å². The first-order valence-electron chi connectivity index (χ1n) is 6.53. The average molecular weight is 283 g/mol. The number of aliphatic carboxylic acids is 1. The number of aryl methyl sites for hydroxylation is 1. The molecule has 0 fully saturated rings. The summed E-state index contributed by atoms with van der Waals surface area (Å²) in [5, 5.41) is 16.7. The topological polar surface area (TPSA) is 91.6 Å². The number of amides is 1. The second kappa shape index (κ2) is 7.59. The maximum Gasteiger partial charge on any atom is 0.323 e. The van der Waals surface area contributed by atoms with Crippen molar-refractivity contribution in [3.8, 4) is 0 Å². The van der Waals surface area contributed by atoms with Gasteiger partial charge in [-0.05, 0) is 20.5 Å². The molecule has 8 heteroatoms. The van der Waals surface area contributed by atoms with Crippen molar-refractivity contribution in [3.05, 3.63) is 11.9 Å². The molecule has 112 valence electrons. The summed E-state index contributed by atoms with van der Waals surface area (Å²) in [6, 6.07) is 0. The van der Waals surface area contributed by atoms with Gasteiger partial charge in [-0.3, -0.25) is 19.2 Å². The van der Waals surface area contributed by atoms with Gasteiger partial charge in [-0.2, -0.15) is 0 Å². The fourth-order valence-corrected chi connectivity index (χ4v) is 1.60. The molecule has 0 bridgehead atoms. The number of hydrogen-bond donors (Lipinski definition) is 1. The number of rotatable bonds is 8. The zero-order chi connectivity index (χ0) is 15.1. The summed E-state index contributed by atoms with van der Waals surface area (Å²) in [7, 11) is 1.81. The van der Waals surface area contributed by atoms with Crippen LogP contribution in [0.25, 0.3) is 0 Å². The Hall–Kier alpha value is -1.96. The van der Waals surface area contributed by atoms with Crippen molar-refractivity contribution in [1.29, 1.82) is 0 Å². The lowest BCUT2D eigenvalue weighted by atomic mass is 10.3. The Morgan fingerprint density at radius 2 is 2.05 bits per heavy atom. The van der Waals surface area contributed by atoms with E-state index in [2.05, 4.69) is 10.3 Å². The number of hydrogen-bond acceptors (Lipinski definition) is 5. The van der Waals surface area contributed by atoms with Crippen LogP contribution in [0.4, 0.5) is 0 Å². The van der Waals surface area contributed by atoms with Gasteiger partial charge in [0, 0.05) is 6.54 Å². The quantitative estimate of drug-likeness (QED) is 0.702. The fourth-order valence-electron chi connectivity index (χ4n) is 1.60. The molecule has 0 aliphatic carbocycles. The highest BCUT2D eigenvalue weighted by Gasteiger charge is 2.19. The number of carbonyl (C=O) groups excluding carboxylic acids is 1. The van der Waals surface area contributed by atoms with Crippen LogP contribution < -0.4 is 0 Å². The van der Waals surface area contributed by atoms with Crippen LogP contribution in [-0.2, 0) is 22.7 Å². The van der Waals surface area contributed by atoms with Crippen LogP contribution in [0.2, 0.25) is 0 Å². The lowest BCUT2D eigenvalue weighted by Gasteiger charge is -2.22. The molecule has 1 N–H and O–H groups in total. The van der Waals surface area contributed by atoms with Crippen molar-refractivity contribution in [2.45, 2.75) is 26.9 Å². The van der Waals surface area contributed by atoms with Crippen LogP contribution in [0.3, 0.4) is 0 Å². The predicted octanol–water partition coefficient (Wildman–Crippen LogP) is -0.337. The van der Waals surface area contributed by atoms with Gasteiger partial charge >= 0.3 is 5.97 Å². The molecule has 8 nitrogen and oxygen atoms in total. The Labute approximate surface area is 118 Å². The van der Waals surface area contributed by atoms with Crippen molar-refractivity contribution in [2.75, 3.05) is 26.7 Å². The van der Waals surface area contributed by atoms with Crippen molar-refractivity contribution in [2.24, 2.45) is 0 Å². The number of carbonyl (C=O) groups is 2. The van der Waals surface area contributed by atoms with Gasteiger partial charge in [-0.25, -0.2) is 0 Å². The normalized spacial score (nSPS) is 10.8. The van der Waals surface area contributed by atoms with Crippen LogP contribution in [0.15, 0.2) is 6.20 Å². The van der Waals surface area contributed by atoms with E-state index in [0.717, 1.165) is 6.54 Å². The molecule has 0 radical (unpaired) electrons. The molecule has 1 aromatic heterocycles. The molecule has 0 saturated heterocycles. The Balaban J connectivity index is 2.72. The molecule has 0 saturated carbocycles. The van der Waals surface area contributed by atoms with E-state index in [1.54, 1.807) is 10.9 Å². The first-order chi connectivity index (χ1) is 9.46. The summed E-state index contributed by atoms with van der Waals surface area (Å²) in [5.41, 5.74) is 0.584. The van der Waals surface area contributed by atoms with Gasteiger partial charge in [-0.1, -0.05) is 12.1 Å². The van der Waals surface area contributed by atoms with E-state index in [-0.39, 0.29) is 25.5 Å². The molecule has 1 rings (SSSR count). The maximum absolute atomic E-state index is 12.1. The molecule has 1 heterocycles. The molecule has 1 aromatic rings. The summed E-state index contributed by atoms with van der Waals surface area (Å²) in [5.74, 6) is -1.27. The number of carboxylic acid groups (broad SMARTS) is 1. The summed E-state index contributed by atoms with van der Waals surface area (Å²) in [6.07, 6.45) is 1.71. The second-order valence-electron chi connectivity index (χ2n) is 4.54. The molecule has 0 aliphatic heterocycles. The van der Waals surface area contributed by atoms with E-state index < -0.39 is 5.97 Å². The van der Waals surface area contributed by atoms with Gasteiger partial charge in [-0.15, -0.1) is 5.10 Å². The average Bonchev–Trinajstić information content (AvgIpc) is 2.85. The minimum atomic E-state index is -1.04. The second-order valence-corrected chi connectivity index (χ2v) is 4.54. The standard InChI is InChI=1S/C12H21N5O3/c1-4-15(3)8-11(18)16(9-12(19)20)6-10-7-17(5-2)14-13-10/h7H,4-6,8-9H2,1-3H3,(H,19,20). The SMILES string of the molecule is CCN(C)CC(=O)N(CC(=O)O)Cc1cn(CC)nn1. The highest BCUT2D eigenvalue weighted by molar-refractivity contribution is 5.82. The summed E-state index contributed by atoms with van der Waals surface area (Å²) < 4.78 is 1.64. The summed E-state index contributed by atoms with van der Waals surface area (Å²) in [4.78, 5) is 26.1. The van der Waals surface area contributed by atoms with Gasteiger partial charge in [0.15, 0.2) is 0 Å². The van der Waals surface area contributed by atoms with E-state index in [0.29, 0.717) is 12.2 Å². The lowest BCUT2D eigenvalue weighted by Crippen LogP contribution is -2.41. The number of nitrogens with zero attached hydrogens (tertiary/aromatic N) is 5. The molecule has 1 amide bonds. The predicted molar refractivity (Wildman–Crippen MR) is 71.9 cm³/mol. The first-order valence-corrected chi connectivity index (χ1v) is 6.53. The zero-order valence-electron chi connectivity index (χ0n) is 12.1. The molecule has 0 atom stereocenters. The van der Waals surface area contributed by atoms with Crippen LogP contribution in [0.1, 0.15) is 19.5 Å². The number of aromatic nitrogens is 3. The molecule has 0 aliphatic rings. The van der Waals surface area contributed by atoms with Crippen LogP contribution in [0.5, 0.6) is 0 Å². The minimum Gasteiger partial charge on any atom is -0.480 e. The Morgan fingerprint density at radius 1 is 1.35 bits per heavy atom. The smallest absolute Gasteiger partial charge is 0.323 e. The first kappa shape index (κ1) is 16.1. The van der Waals surface area contributed by atoms with E-state index >= 15 is 0 Å². The van der Waals surface area contributed by atoms with E-state index in [4.69, 9.17) is 5.11 Å². The summed E-state index contributed by atoms with van der Waals surface area (Å²) in [6.45, 7) is 5.26. The number of likely N-dealkylation sites (N-methyl/N-ethyl adjacent to an activating group) is 1. The van der Waals surface area contributed by atoms with Crippen molar-refractivity contribution in [3.63, 3.8) is 0 Å². The molecule has 0 aromatic carbocycles. The Morgan fingerprint density at radius 3 is 2.55 bits per heavy atom. The van der Waals surface area contributed by atoms with Crippen LogP contribution >= 0.6 is 0 Å². The number of carboxylic acids is 1. The fraction of sp³-hybridized carbons (Fsp3) is 0.667. The van der Waals surface area contributed by atoms with Crippen molar-refractivity contribution < 1.29 is 14.7 Å². The van der Waals surface area contributed by atoms with Crippen LogP contribution in [-0.4, -0.2) is 68.5 Å². The third-order valence-electron chi connectivity index (χ3n) is 2.89. The van der Waals surface area contributed by atoms with Crippen molar-refractivity contribution >= 4 is 11.9 Å². The monoisotopic (exact) mass is 283 g/mol. The van der Waals surface area contributed by atoms with Gasteiger partial charge in [0.1, 0.15) is 12.2 Å². The minimum absolute atomic E-state index is 0.155. The molecular formula is C12H21N5O3. The van der Waals surface area contributed by atoms with Gasteiger partial charge in [0.05, 0.1) is 19.3 Å². The maximum atomic E-state index is 12.1. The Bertz CT molecular complexity index is 460. The largest absolute Gasteiger partial charge is 0.480 e. The molecule has 20 heavy (non-hydrogen) atoms. The third kappa shape index (κ3) is 4.96. The highest BCUT2D eigenvalue weighted by Crippen LogP contribution is 2.02.